The molecule has 2 nitrogen and oxygen atoms in total. The van der Waals surface area contributed by atoms with Crippen LogP contribution in [0, 0.1) is 11.6 Å². The van der Waals surface area contributed by atoms with Crippen LogP contribution in [0.25, 0.3) is 0 Å². The van der Waals surface area contributed by atoms with Crippen molar-refractivity contribution >= 4 is 0 Å². The Hall–Kier alpha value is -2.02. The van der Waals surface area contributed by atoms with Crippen molar-refractivity contribution in [2.75, 3.05) is 0 Å². The Morgan fingerprint density at radius 1 is 1.05 bits per heavy atom. The number of alkyl halides is 3. The summed E-state index contributed by atoms with van der Waals surface area (Å²) in [6.45, 7) is 0. The molecule has 0 spiro atoms. The number of benzene rings is 1. The largest absolute Gasteiger partial charge is 0.419 e. The second kappa shape index (κ2) is 5.16. The molecule has 1 aromatic heterocycles. The van der Waals surface area contributed by atoms with Crippen LogP contribution in [0.5, 0.6) is 0 Å². The van der Waals surface area contributed by atoms with Crippen LogP contribution in [-0.2, 0) is 6.18 Å². The van der Waals surface area contributed by atoms with Gasteiger partial charge in [-0.2, -0.15) is 13.2 Å². The standard InChI is InChI=1S/C13H8F5NO/c14-9-2-1-5-19-11(9)12(20)7-3-4-8(10(15)6-7)13(16,17)18/h1-6,12,20H. The fourth-order valence-electron chi connectivity index (χ4n) is 1.69. The Kier molecular flexibility index (Phi) is 3.71. The van der Waals surface area contributed by atoms with Crippen molar-refractivity contribution in [3.8, 4) is 0 Å². The summed E-state index contributed by atoms with van der Waals surface area (Å²) in [6, 6.07) is 4.21. The van der Waals surface area contributed by atoms with E-state index in [2.05, 4.69) is 4.98 Å². The van der Waals surface area contributed by atoms with Crippen LogP contribution in [0.15, 0.2) is 36.5 Å². The number of hydrogen-bond acceptors (Lipinski definition) is 2. The molecule has 1 aromatic carbocycles. The first-order valence-electron chi connectivity index (χ1n) is 5.46. The van der Waals surface area contributed by atoms with Crippen LogP contribution in [0.2, 0.25) is 0 Å². The Morgan fingerprint density at radius 2 is 1.75 bits per heavy atom. The first kappa shape index (κ1) is 14.4. The highest BCUT2D eigenvalue weighted by molar-refractivity contribution is 5.31. The number of halogens is 5. The van der Waals surface area contributed by atoms with Crippen LogP contribution in [0.4, 0.5) is 22.0 Å². The maximum Gasteiger partial charge on any atom is 0.419 e. The molecule has 0 saturated carbocycles. The monoisotopic (exact) mass is 289 g/mol. The molecule has 0 aliphatic heterocycles. The van der Waals surface area contributed by atoms with E-state index in [1.165, 1.54) is 12.3 Å². The number of nitrogens with zero attached hydrogens (tertiary/aromatic N) is 1. The molecular weight excluding hydrogens is 281 g/mol. The highest BCUT2D eigenvalue weighted by Crippen LogP contribution is 2.33. The van der Waals surface area contributed by atoms with Gasteiger partial charge >= 0.3 is 6.18 Å². The van der Waals surface area contributed by atoms with E-state index in [4.69, 9.17) is 0 Å². The lowest BCUT2D eigenvalue weighted by molar-refractivity contribution is -0.140. The molecule has 0 saturated heterocycles. The lowest BCUT2D eigenvalue weighted by Gasteiger charge is -2.13. The number of pyridine rings is 1. The zero-order chi connectivity index (χ0) is 14.9. The molecular formula is C13H8F5NO. The van der Waals surface area contributed by atoms with Crippen molar-refractivity contribution in [3.63, 3.8) is 0 Å². The molecule has 1 heterocycles. The van der Waals surface area contributed by atoms with Gasteiger partial charge in [-0.25, -0.2) is 8.78 Å². The van der Waals surface area contributed by atoms with Gasteiger partial charge in [-0.05, 0) is 29.8 Å². The Bertz CT molecular complexity index is 626. The summed E-state index contributed by atoms with van der Waals surface area (Å²) in [4.78, 5) is 3.59. The molecule has 0 fully saturated rings. The number of aromatic nitrogens is 1. The van der Waals surface area contributed by atoms with Crippen LogP contribution in [0.3, 0.4) is 0 Å². The average molecular weight is 289 g/mol. The van der Waals surface area contributed by atoms with Gasteiger partial charge in [0.1, 0.15) is 23.4 Å². The third kappa shape index (κ3) is 2.77. The molecule has 0 aliphatic carbocycles. The van der Waals surface area contributed by atoms with E-state index < -0.39 is 29.5 Å². The lowest BCUT2D eigenvalue weighted by atomic mass is 10.0. The minimum Gasteiger partial charge on any atom is -0.382 e. The van der Waals surface area contributed by atoms with Gasteiger partial charge in [-0.1, -0.05) is 6.07 Å². The predicted octanol–water partition coefficient (Wildman–Crippen LogP) is 3.46. The van der Waals surface area contributed by atoms with Crippen molar-refractivity contribution in [2.45, 2.75) is 12.3 Å². The SMILES string of the molecule is OC(c1ccc(C(F)(F)F)c(F)c1)c1ncccc1F. The second-order valence-corrected chi connectivity index (χ2v) is 4.01. The molecule has 20 heavy (non-hydrogen) atoms. The fraction of sp³-hybridized carbons (Fsp3) is 0.154. The predicted molar refractivity (Wildman–Crippen MR) is 59.7 cm³/mol. The van der Waals surface area contributed by atoms with Gasteiger partial charge < -0.3 is 5.11 Å². The minimum absolute atomic E-state index is 0.215. The summed E-state index contributed by atoms with van der Waals surface area (Å²) in [5, 5.41) is 9.84. The third-order valence-electron chi connectivity index (χ3n) is 2.66. The van der Waals surface area contributed by atoms with Gasteiger partial charge in [0.2, 0.25) is 0 Å². The maximum absolute atomic E-state index is 13.4. The van der Waals surface area contributed by atoms with Crippen LogP contribution in [0.1, 0.15) is 22.9 Å². The van der Waals surface area contributed by atoms with Gasteiger partial charge in [-0.15, -0.1) is 0 Å². The van der Waals surface area contributed by atoms with Crippen LogP contribution < -0.4 is 0 Å². The molecule has 0 bridgehead atoms. The van der Waals surface area contributed by atoms with Gasteiger partial charge in [0.25, 0.3) is 0 Å². The minimum atomic E-state index is -4.83. The summed E-state index contributed by atoms with van der Waals surface area (Å²) < 4.78 is 64.0. The van der Waals surface area contributed by atoms with E-state index in [9.17, 15) is 27.1 Å². The third-order valence-corrected chi connectivity index (χ3v) is 2.66. The molecule has 106 valence electrons. The lowest BCUT2D eigenvalue weighted by Crippen LogP contribution is -2.10. The number of aliphatic hydroxyl groups excluding tert-OH is 1. The Balaban J connectivity index is 2.40. The van der Waals surface area contributed by atoms with Crippen molar-refractivity contribution in [1.82, 2.24) is 4.98 Å². The Labute approximate surface area is 110 Å². The Morgan fingerprint density at radius 3 is 2.30 bits per heavy atom. The van der Waals surface area contributed by atoms with Crippen LogP contribution >= 0.6 is 0 Å². The van der Waals surface area contributed by atoms with E-state index in [1.54, 1.807) is 0 Å². The van der Waals surface area contributed by atoms with E-state index in [-0.39, 0.29) is 11.3 Å². The second-order valence-electron chi connectivity index (χ2n) is 4.01. The smallest absolute Gasteiger partial charge is 0.382 e. The molecule has 2 aromatic rings. The van der Waals surface area contributed by atoms with Gasteiger partial charge in [0, 0.05) is 6.20 Å². The van der Waals surface area contributed by atoms with E-state index >= 15 is 0 Å². The molecule has 7 heteroatoms. The molecule has 2 rings (SSSR count). The highest BCUT2D eigenvalue weighted by atomic mass is 19.4. The quantitative estimate of drug-likeness (QED) is 0.859. The summed E-state index contributed by atoms with van der Waals surface area (Å²) in [5.41, 5.74) is -2.05. The van der Waals surface area contributed by atoms with Crippen molar-refractivity contribution in [1.29, 1.82) is 0 Å². The van der Waals surface area contributed by atoms with Crippen molar-refractivity contribution < 1.29 is 27.1 Å². The van der Waals surface area contributed by atoms with Gasteiger partial charge in [-0.3, -0.25) is 4.98 Å². The summed E-state index contributed by atoms with van der Waals surface area (Å²) in [6.07, 6.45) is -5.26. The molecule has 1 unspecified atom stereocenters. The number of hydrogen-bond donors (Lipinski definition) is 1. The normalized spacial score (nSPS) is 13.3. The number of aliphatic hydroxyl groups is 1. The summed E-state index contributed by atoms with van der Waals surface area (Å²) >= 11 is 0. The molecule has 0 radical (unpaired) electrons. The maximum atomic E-state index is 13.4. The highest BCUT2D eigenvalue weighted by Gasteiger charge is 2.34. The topological polar surface area (TPSA) is 33.1 Å². The zero-order valence-electron chi connectivity index (χ0n) is 9.83. The molecule has 1 N–H and O–H groups in total. The molecule has 1 atom stereocenters. The van der Waals surface area contributed by atoms with E-state index in [1.807, 2.05) is 0 Å². The summed E-state index contributed by atoms with van der Waals surface area (Å²) in [5.74, 6) is -2.37. The van der Waals surface area contributed by atoms with E-state index in [0.29, 0.717) is 12.1 Å². The molecule has 0 amide bonds. The van der Waals surface area contributed by atoms with Crippen molar-refractivity contribution in [2.24, 2.45) is 0 Å². The molecule has 0 aliphatic rings. The first-order valence-corrected chi connectivity index (χ1v) is 5.46. The average Bonchev–Trinajstić information content (AvgIpc) is 2.37. The zero-order valence-corrected chi connectivity index (χ0v) is 9.83. The first-order chi connectivity index (χ1) is 9.30. The summed E-state index contributed by atoms with van der Waals surface area (Å²) in [7, 11) is 0. The number of rotatable bonds is 2. The fourth-order valence-corrected chi connectivity index (χ4v) is 1.69. The van der Waals surface area contributed by atoms with E-state index in [0.717, 1.165) is 12.1 Å². The van der Waals surface area contributed by atoms with Crippen LogP contribution in [-0.4, -0.2) is 10.1 Å². The van der Waals surface area contributed by atoms with Gasteiger partial charge in [0.15, 0.2) is 0 Å². The van der Waals surface area contributed by atoms with Crippen molar-refractivity contribution in [3.05, 3.63) is 65.0 Å². The van der Waals surface area contributed by atoms with Gasteiger partial charge in [0.05, 0.1) is 5.56 Å².